The number of carbonyl (C=O) groups excluding carboxylic acids is 2. The summed E-state index contributed by atoms with van der Waals surface area (Å²) in [4.78, 5) is 46.9. The van der Waals surface area contributed by atoms with E-state index < -0.39 is 42.7 Å². The molecule has 2 aliphatic carbocycles. The first-order chi connectivity index (χ1) is 37.7. The van der Waals surface area contributed by atoms with Crippen molar-refractivity contribution in [1.82, 2.24) is 0 Å². The van der Waals surface area contributed by atoms with E-state index >= 15 is 0 Å². The molecule has 0 bridgehead atoms. The van der Waals surface area contributed by atoms with Crippen molar-refractivity contribution in [3.63, 3.8) is 0 Å². The van der Waals surface area contributed by atoms with Crippen LogP contribution in [0.15, 0.2) is 106 Å². The topological polar surface area (TPSA) is 343 Å². The van der Waals surface area contributed by atoms with Crippen LogP contribution in [0, 0.1) is 27.7 Å². The van der Waals surface area contributed by atoms with Crippen LogP contribution in [0.5, 0.6) is 0 Å². The summed E-state index contributed by atoms with van der Waals surface area (Å²) in [5.74, 6) is 0.891. The monoisotopic (exact) mass is 1380 g/mol. The summed E-state index contributed by atoms with van der Waals surface area (Å²) >= 11 is -11.7. The molecule has 4 aliphatic rings. The molecule has 4 aromatic carbocycles. The van der Waals surface area contributed by atoms with Crippen LogP contribution in [-0.4, -0.2) is 77.6 Å². The minimum absolute atomic E-state index is 0.322. The minimum atomic E-state index is -6.02. The molecule has 0 fully saturated rings. The Morgan fingerprint density at radius 2 is 0.912 bits per heavy atom. The van der Waals surface area contributed by atoms with Gasteiger partial charge in [-0.15, -0.1) is 0 Å². The van der Waals surface area contributed by atoms with Crippen molar-refractivity contribution in [1.29, 1.82) is 0 Å². The Kier molecular flexibility index (Phi) is 24.4. The van der Waals surface area contributed by atoms with E-state index in [0.717, 1.165) is 137 Å². The van der Waals surface area contributed by atoms with Crippen molar-refractivity contribution < 1.29 is 114 Å². The number of fused-ring (bicyclic) bond motifs is 4. The number of hydrogen-bond donors (Lipinski definition) is 8. The second kappa shape index (κ2) is 29.9. The fourth-order valence-corrected chi connectivity index (χ4v) is 8.68. The van der Waals surface area contributed by atoms with Crippen LogP contribution < -0.4 is 38.9 Å². The number of anilines is 2. The first-order valence-electron chi connectivity index (χ1n) is 25.2. The van der Waals surface area contributed by atoms with Gasteiger partial charge < -0.3 is 38.5 Å². The van der Waals surface area contributed by atoms with Crippen molar-refractivity contribution in [2.24, 2.45) is 0 Å². The van der Waals surface area contributed by atoms with Gasteiger partial charge in [0.2, 0.25) is 10.7 Å². The van der Waals surface area contributed by atoms with Gasteiger partial charge in [-0.2, -0.15) is 0 Å². The Morgan fingerprint density at radius 3 is 1.21 bits per heavy atom. The molecule has 0 atom stereocenters. The zero-order valence-corrected chi connectivity index (χ0v) is 51.8. The van der Waals surface area contributed by atoms with Gasteiger partial charge in [0.15, 0.2) is 0 Å². The van der Waals surface area contributed by atoms with E-state index in [4.69, 9.17) is 61.0 Å². The van der Waals surface area contributed by atoms with Crippen LogP contribution in [0.3, 0.4) is 0 Å². The molecule has 8 rings (SSSR count). The maximum absolute atomic E-state index is 12.9. The van der Waals surface area contributed by atoms with Crippen LogP contribution in [0.25, 0.3) is 66.8 Å². The van der Waals surface area contributed by atoms with Crippen LogP contribution >= 0.6 is 0 Å². The van der Waals surface area contributed by atoms with Crippen molar-refractivity contribution in [2.45, 2.75) is 69.2 Å². The van der Waals surface area contributed by atoms with E-state index in [2.05, 4.69) is 125 Å². The number of carbonyl (C=O) groups is 2. The average molecular weight is 1380 g/mol. The number of ether oxygens (including phenoxy) is 2. The molecule has 8 N–H and O–H groups in total. The summed E-state index contributed by atoms with van der Waals surface area (Å²) in [6, 6.07) is 32.1. The summed E-state index contributed by atoms with van der Waals surface area (Å²) in [5.41, 5.74) is 14.8. The van der Waals surface area contributed by atoms with Crippen LogP contribution in [0.1, 0.15) is 84.5 Å². The Morgan fingerprint density at radius 1 is 0.588 bits per heavy atom. The molecule has 428 valence electrons. The zero-order valence-electron chi connectivity index (χ0n) is 45.9. The molecule has 21 nitrogen and oxygen atoms in total. The summed E-state index contributed by atoms with van der Waals surface area (Å²) in [7, 11) is -3.13. The summed E-state index contributed by atoms with van der Waals surface area (Å²) < 4.78 is 99.0. The Labute approximate surface area is 471 Å². The normalized spacial score (nSPS) is 11.5. The van der Waals surface area contributed by atoms with E-state index in [0.29, 0.717) is 24.3 Å². The quantitative estimate of drug-likeness (QED) is 0.0494. The SMILES string of the molecule is CCNc1cc2oc3cc(=[NH+]CC)c(C)cc-3c(-c3ccccc3C(=O)OCC)c2cc1C.CCNc1cc2oc3cc(=[NH+]CC)c(C)cc-3c(-c3ccccc3C(=O)OCC)c2cc1C.O=[Si](O)O.[O]=[Mo](=[O])([O-])[O-].[O]=[W](=[O])([OH])[OH]. The van der Waals surface area contributed by atoms with Gasteiger partial charge in [0.1, 0.15) is 35.8 Å². The van der Waals surface area contributed by atoms with Crippen LogP contribution in [-0.2, 0) is 61.0 Å². The predicted octanol–water partition coefficient (Wildman–Crippen LogP) is 3.28. The molecule has 0 amide bonds. The fourth-order valence-electron chi connectivity index (χ4n) is 8.68. The van der Waals surface area contributed by atoms with Crippen LogP contribution in [0.4, 0.5) is 11.4 Å². The number of nitrogens with one attached hydrogen (secondary N) is 4. The Balaban J connectivity index is 0.000000279. The summed E-state index contributed by atoms with van der Waals surface area (Å²) in [5, 5.41) is 10.8. The van der Waals surface area contributed by atoms with Gasteiger partial charge in [0, 0.05) is 80.8 Å². The molecular weight excluding hydrogens is 1310 g/mol. The molecule has 0 saturated heterocycles. The molecule has 2 heterocycles. The Hall–Kier alpha value is -7.17. The van der Waals surface area contributed by atoms with Crippen molar-refractivity contribution >= 4 is 54.4 Å². The molecular formula is C56H66MoN4O17SiW. The van der Waals surface area contributed by atoms with Gasteiger partial charge in [-0.1, -0.05) is 36.4 Å². The molecule has 2 aliphatic heterocycles. The molecule has 4 aromatic rings. The summed E-state index contributed by atoms with van der Waals surface area (Å²) in [6.07, 6.45) is 0. The fraction of sp³-hybridized carbons (Fsp3) is 0.286. The molecule has 80 heavy (non-hydrogen) atoms. The third kappa shape index (κ3) is 18.4. The first-order valence-corrected chi connectivity index (χ1v) is 34.8. The number of benzene rings is 6. The van der Waals surface area contributed by atoms with Gasteiger partial charge in [-0.05, 0) is 128 Å². The van der Waals surface area contributed by atoms with E-state index in [1.54, 1.807) is 0 Å². The predicted molar refractivity (Wildman–Crippen MR) is 283 cm³/mol. The maximum atomic E-state index is 12.9. The molecule has 0 unspecified atom stereocenters. The van der Waals surface area contributed by atoms with Crippen molar-refractivity contribution in [2.75, 3.05) is 50.0 Å². The van der Waals surface area contributed by atoms with E-state index in [1.807, 2.05) is 62.4 Å². The summed E-state index contributed by atoms with van der Waals surface area (Å²) in [6.45, 7) is 24.2. The number of hydrogen-bond acceptors (Lipinski definition) is 15. The first kappa shape index (κ1) is 65.4. The molecule has 24 heteroatoms. The van der Waals surface area contributed by atoms with E-state index in [1.165, 1.54) is 0 Å². The zero-order chi connectivity index (χ0) is 59.6. The third-order valence-corrected chi connectivity index (χ3v) is 11.7. The molecule has 0 spiro atoms. The Bertz CT molecular complexity index is 3560. The van der Waals surface area contributed by atoms with Gasteiger partial charge in [0.05, 0.1) is 36.5 Å². The molecule has 0 radical (unpaired) electrons. The second-order valence-corrected chi connectivity index (χ2v) is 23.2. The van der Waals surface area contributed by atoms with Crippen LogP contribution in [0.2, 0.25) is 0 Å². The van der Waals surface area contributed by atoms with Gasteiger partial charge in [-0.3, -0.25) is 4.46 Å². The number of aryl methyl sites for hydroxylation is 4. The second-order valence-electron chi connectivity index (χ2n) is 17.4. The van der Waals surface area contributed by atoms with Gasteiger partial charge >= 0.3 is 83.2 Å². The van der Waals surface area contributed by atoms with Gasteiger partial charge in [-0.25, -0.2) is 19.6 Å². The number of esters is 2. The van der Waals surface area contributed by atoms with Crippen molar-refractivity contribution in [3.05, 3.63) is 141 Å². The standard InChI is InChI=1S/2C28H30N2O3.Mo.H2O3Si.2H2O.6O.W/c2*1-6-29-23-15-25-21(13-17(23)4)27(19-11-9-10-12-20(19)28(31)32-8-3)22-14-18(5)24(30-7-2)16-26(22)33-25;;1-4(2)3;;;;;;;;;/h2*9-16,29H,6-8H2,1-5H3;;1-2H;2*1H2;;;;;;;/q;;;;;;;;;;2*-1;+2. The van der Waals surface area contributed by atoms with Crippen molar-refractivity contribution in [3.8, 4) is 44.9 Å². The molecule has 0 saturated carbocycles. The number of rotatable bonds is 12. The van der Waals surface area contributed by atoms with E-state index in [9.17, 15) is 9.59 Å². The van der Waals surface area contributed by atoms with E-state index in [-0.39, 0.29) is 11.9 Å². The van der Waals surface area contributed by atoms with Gasteiger partial charge in [0.25, 0.3) is 0 Å². The third-order valence-electron chi connectivity index (χ3n) is 11.7. The average Bonchev–Trinajstić information content (AvgIpc) is 3.51. The molecule has 0 aromatic heterocycles.